The lowest BCUT2D eigenvalue weighted by Gasteiger charge is -2.68. The summed E-state index contributed by atoms with van der Waals surface area (Å²) in [6, 6.07) is 10.5. The molecule has 0 aromatic heterocycles. The van der Waals surface area contributed by atoms with E-state index < -0.39 is 22.9 Å². The molecule has 9 nitrogen and oxygen atoms in total. The Kier molecular flexibility index (Phi) is 5.12. The van der Waals surface area contributed by atoms with Crippen LogP contribution in [0.15, 0.2) is 30.3 Å². The zero-order valence-electron chi connectivity index (χ0n) is 17.2. The van der Waals surface area contributed by atoms with Crippen LogP contribution in [0.3, 0.4) is 0 Å². The van der Waals surface area contributed by atoms with Crippen molar-refractivity contribution in [3.05, 3.63) is 56.1 Å². The van der Waals surface area contributed by atoms with Gasteiger partial charge >= 0.3 is 0 Å². The van der Waals surface area contributed by atoms with Crippen LogP contribution in [0.25, 0.3) is 0 Å². The summed E-state index contributed by atoms with van der Waals surface area (Å²) in [5.41, 5.74) is 7.38. The van der Waals surface area contributed by atoms with Crippen LogP contribution in [-0.2, 0) is 15.1 Å². The molecule has 0 spiro atoms. The Bertz CT molecular complexity index is 822. The van der Waals surface area contributed by atoms with Crippen molar-refractivity contribution >= 4 is 0 Å². The molecule has 1 aromatic rings. The van der Waals surface area contributed by atoms with E-state index in [0.29, 0.717) is 12.5 Å². The van der Waals surface area contributed by atoms with E-state index in [1.165, 1.54) is 5.56 Å². The molecule has 6 atom stereocenters. The monoisotopic (exact) mass is 419 g/mol. The van der Waals surface area contributed by atoms with Crippen LogP contribution in [0.2, 0.25) is 0 Å². The Labute approximate surface area is 175 Å². The maximum absolute atomic E-state index is 11.1. The average Bonchev–Trinajstić information content (AvgIpc) is 2.70. The number of nitrogens with zero attached hydrogens (tertiary/aromatic N) is 2. The molecule has 2 N–H and O–H groups in total. The summed E-state index contributed by atoms with van der Waals surface area (Å²) in [4.78, 5) is 31.3. The van der Waals surface area contributed by atoms with Gasteiger partial charge in [-0.25, -0.2) is 0 Å². The lowest BCUT2D eigenvalue weighted by molar-refractivity contribution is -0.792. The van der Waals surface area contributed by atoms with Gasteiger partial charge in [-0.15, -0.1) is 20.2 Å². The average molecular weight is 419 g/mol. The summed E-state index contributed by atoms with van der Waals surface area (Å²) in [5.74, 6) is 0.209. The van der Waals surface area contributed by atoms with Gasteiger partial charge in [-0.2, -0.15) is 0 Å². The topological polar surface area (TPSA) is 131 Å². The fourth-order valence-corrected chi connectivity index (χ4v) is 7.47. The molecule has 4 aliphatic rings. The summed E-state index contributed by atoms with van der Waals surface area (Å²) < 4.78 is 0. The molecule has 4 fully saturated rings. The van der Waals surface area contributed by atoms with Crippen molar-refractivity contribution in [2.45, 2.75) is 57.0 Å². The normalized spacial score (nSPS) is 36.1. The molecule has 4 bridgehead atoms. The summed E-state index contributed by atoms with van der Waals surface area (Å²) in [6.07, 6.45) is 4.92. The number of hydrogen-bond acceptors (Lipinski definition) is 7. The molecule has 0 heterocycles. The third-order valence-electron chi connectivity index (χ3n) is 8.14. The fraction of sp³-hybridized carbons (Fsp3) is 0.714. The molecule has 4 saturated carbocycles. The molecule has 5 rings (SSSR count). The van der Waals surface area contributed by atoms with Gasteiger partial charge in [0.25, 0.3) is 10.2 Å². The van der Waals surface area contributed by atoms with Crippen molar-refractivity contribution in [1.29, 1.82) is 0 Å². The van der Waals surface area contributed by atoms with Gasteiger partial charge in [-0.1, -0.05) is 37.3 Å². The number of nitrogens with two attached hydrogens (primary N) is 1. The van der Waals surface area contributed by atoms with Gasteiger partial charge in [-0.05, 0) is 78.7 Å². The smallest absolute Gasteiger partial charge is 0.294 e. The van der Waals surface area contributed by atoms with E-state index >= 15 is 0 Å². The molecule has 9 heteroatoms. The van der Waals surface area contributed by atoms with Crippen LogP contribution in [0, 0.1) is 42.9 Å². The van der Waals surface area contributed by atoms with E-state index in [2.05, 4.69) is 29.1 Å². The molecule has 164 valence electrons. The highest BCUT2D eigenvalue weighted by atomic mass is 17.0. The highest BCUT2D eigenvalue weighted by Gasteiger charge is 2.65. The third-order valence-corrected chi connectivity index (χ3v) is 8.14. The van der Waals surface area contributed by atoms with Crippen molar-refractivity contribution in [1.82, 2.24) is 0 Å². The first-order valence-electron chi connectivity index (χ1n) is 10.6. The predicted molar refractivity (Wildman–Crippen MR) is 107 cm³/mol. The van der Waals surface area contributed by atoms with E-state index in [-0.39, 0.29) is 22.2 Å². The van der Waals surface area contributed by atoms with E-state index in [1.54, 1.807) is 0 Å². The Hall–Kier alpha value is -2.42. The Morgan fingerprint density at radius 3 is 2.47 bits per heavy atom. The van der Waals surface area contributed by atoms with Crippen LogP contribution in [0.1, 0.15) is 51.0 Å². The lowest BCUT2D eigenvalue weighted by Crippen LogP contribution is -2.63. The molecular weight excluding hydrogens is 390 g/mol. The summed E-state index contributed by atoms with van der Waals surface area (Å²) in [5, 5.41) is 20.1. The Morgan fingerprint density at radius 2 is 1.83 bits per heavy atom. The van der Waals surface area contributed by atoms with E-state index in [4.69, 9.17) is 10.6 Å². The Morgan fingerprint density at radius 1 is 1.10 bits per heavy atom. The van der Waals surface area contributed by atoms with Gasteiger partial charge in [0.2, 0.25) is 0 Å². The first kappa shape index (κ1) is 20.8. The van der Waals surface area contributed by atoms with Crippen molar-refractivity contribution in [2.24, 2.45) is 28.4 Å². The number of benzene rings is 1. The first-order valence-corrected chi connectivity index (χ1v) is 10.6. The minimum absolute atomic E-state index is 0.00730. The standard InChI is InChI=1S/C21H29N3O6/c1-15(18(30-24(27)28)10-29-23(25)26)20-8-16-7-19(11-20,14-22)12-21(9-16,13-20)17-5-3-2-4-6-17/h2-6,15-16,18H,7-14,22H2,1H3. The van der Waals surface area contributed by atoms with Gasteiger partial charge in [-0.3, -0.25) is 0 Å². The van der Waals surface area contributed by atoms with Gasteiger partial charge in [0.15, 0.2) is 0 Å². The molecule has 0 aliphatic heterocycles. The van der Waals surface area contributed by atoms with Crippen LogP contribution < -0.4 is 5.73 Å². The van der Waals surface area contributed by atoms with Crippen LogP contribution in [0.4, 0.5) is 0 Å². The molecular formula is C21H29N3O6. The lowest BCUT2D eigenvalue weighted by atomic mass is 9.36. The van der Waals surface area contributed by atoms with E-state index in [1.807, 2.05) is 13.0 Å². The highest BCUT2D eigenvalue weighted by molar-refractivity contribution is 5.32. The number of hydrogen-bond donors (Lipinski definition) is 1. The largest absolute Gasteiger partial charge is 0.330 e. The number of rotatable bonds is 9. The first-order chi connectivity index (χ1) is 14.2. The highest BCUT2D eigenvalue weighted by Crippen LogP contribution is 2.72. The molecule has 4 aliphatic carbocycles. The van der Waals surface area contributed by atoms with Crippen LogP contribution in [0.5, 0.6) is 0 Å². The minimum atomic E-state index is -0.996. The van der Waals surface area contributed by atoms with Crippen LogP contribution in [-0.4, -0.2) is 29.4 Å². The molecule has 0 amide bonds. The summed E-state index contributed by atoms with van der Waals surface area (Å²) in [7, 11) is 0. The summed E-state index contributed by atoms with van der Waals surface area (Å²) >= 11 is 0. The zero-order valence-corrected chi connectivity index (χ0v) is 17.2. The molecule has 1 aromatic carbocycles. The predicted octanol–water partition coefficient (Wildman–Crippen LogP) is 3.27. The van der Waals surface area contributed by atoms with Gasteiger partial charge in [0.1, 0.15) is 12.7 Å². The second-order valence-corrected chi connectivity index (χ2v) is 9.90. The molecule has 6 unspecified atom stereocenters. The molecule has 0 saturated heterocycles. The minimum Gasteiger partial charge on any atom is -0.330 e. The van der Waals surface area contributed by atoms with Crippen molar-refractivity contribution < 1.29 is 19.8 Å². The zero-order chi connectivity index (χ0) is 21.6. The van der Waals surface area contributed by atoms with Crippen molar-refractivity contribution in [2.75, 3.05) is 13.2 Å². The third kappa shape index (κ3) is 3.49. The van der Waals surface area contributed by atoms with Crippen molar-refractivity contribution in [3.63, 3.8) is 0 Å². The SMILES string of the molecule is CC(C(CO[N+](=O)[O-])O[N+](=O)[O-])C12CC3CC(CN)(CC(c4ccccc4)(C3)C1)C2. The second kappa shape index (κ2) is 7.37. The van der Waals surface area contributed by atoms with E-state index in [9.17, 15) is 20.2 Å². The summed E-state index contributed by atoms with van der Waals surface area (Å²) in [6.45, 7) is 2.06. The van der Waals surface area contributed by atoms with Gasteiger partial charge in [0, 0.05) is 0 Å². The maximum Gasteiger partial charge on any atom is 0.294 e. The maximum atomic E-state index is 11.1. The quantitative estimate of drug-likeness (QED) is 0.480. The molecule has 0 radical (unpaired) electrons. The van der Waals surface area contributed by atoms with Gasteiger partial charge in [0.05, 0.1) is 0 Å². The van der Waals surface area contributed by atoms with Crippen molar-refractivity contribution in [3.8, 4) is 0 Å². The van der Waals surface area contributed by atoms with Gasteiger partial charge < -0.3 is 15.4 Å². The second-order valence-electron chi connectivity index (χ2n) is 9.90. The Balaban J connectivity index is 1.71. The van der Waals surface area contributed by atoms with Crippen LogP contribution >= 0.6 is 0 Å². The van der Waals surface area contributed by atoms with E-state index in [0.717, 1.165) is 38.5 Å². The molecule has 30 heavy (non-hydrogen) atoms. The fourth-order valence-electron chi connectivity index (χ4n) is 7.47.